The van der Waals surface area contributed by atoms with Gasteiger partial charge in [-0.25, -0.2) is 0 Å². The van der Waals surface area contributed by atoms with E-state index < -0.39 is 11.4 Å². The quantitative estimate of drug-likeness (QED) is 0.375. The van der Waals surface area contributed by atoms with E-state index in [1.165, 1.54) is 0 Å². The molecule has 134 valence electrons. The molecule has 0 radical (unpaired) electrons. The van der Waals surface area contributed by atoms with Crippen LogP contribution in [0.25, 0.3) is 0 Å². The molecule has 4 N–H and O–H groups in total. The van der Waals surface area contributed by atoms with Crippen molar-refractivity contribution in [1.82, 2.24) is 14.7 Å². The fourth-order valence-corrected chi connectivity index (χ4v) is 2.85. The third kappa shape index (κ3) is 4.20. The van der Waals surface area contributed by atoms with E-state index in [4.69, 9.17) is 20.4 Å². The van der Waals surface area contributed by atoms with Gasteiger partial charge in [0.2, 0.25) is 0 Å². The van der Waals surface area contributed by atoms with Crippen LogP contribution < -0.4 is 0 Å². The van der Waals surface area contributed by atoms with Gasteiger partial charge in [-0.2, -0.15) is 0 Å². The van der Waals surface area contributed by atoms with E-state index >= 15 is 0 Å². The third-order valence-electron chi connectivity index (χ3n) is 5.01. The van der Waals surface area contributed by atoms with Crippen LogP contribution in [0.5, 0.6) is 0 Å². The Kier molecular flexibility index (Phi) is 5.99. The fraction of sp³-hybridized carbons (Fsp3) is 0.933. The molecular weight excluding hydrogens is 302 g/mol. The van der Waals surface area contributed by atoms with Crippen molar-refractivity contribution >= 4 is 5.97 Å². The van der Waals surface area contributed by atoms with Crippen LogP contribution >= 0.6 is 0 Å². The van der Waals surface area contributed by atoms with Crippen molar-refractivity contribution in [3.8, 4) is 0 Å². The molecule has 0 amide bonds. The van der Waals surface area contributed by atoms with Gasteiger partial charge in [-0.05, 0) is 6.42 Å². The Morgan fingerprint density at radius 1 is 0.870 bits per heavy atom. The number of carbonyl (C=O) groups is 1. The van der Waals surface area contributed by atoms with Gasteiger partial charge in [0.05, 0.1) is 26.2 Å². The predicted octanol–water partition coefficient (Wildman–Crippen LogP) is -1.58. The molecule has 3 aliphatic rings. The SMILES string of the molecule is CCC(CO)(CO)CO.O=C(O)CC(N1CC1)(N1CC1)N1CC1. The third-order valence-corrected chi connectivity index (χ3v) is 5.01. The molecule has 3 heterocycles. The van der Waals surface area contributed by atoms with E-state index in [1.54, 1.807) is 0 Å². The molecule has 3 fully saturated rings. The van der Waals surface area contributed by atoms with Crippen LogP contribution in [0.2, 0.25) is 0 Å². The molecule has 0 aromatic heterocycles. The summed E-state index contributed by atoms with van der Waals surface area (Å²) in [5, 5.41) is 35.0. The first-order chi connectivity index (χ1) is 11.0. The summed E-state index contributed by atoms with van der Waals surface area (Å²) in [5.74, 6) is -0.929. The molecule has 0 saturated carbocycles. The topological polar surface area (TPSA) is 107 Å². The van der Waals surface area contributed by atoms with Crippen LogP contribution in [-0.2, 0) is 4.79 Å². The van der Waals surface area contributed by atoms with E-state index in [0.717, 1.165) is 39.3 Å². The normalized spacial score (nSPS) is 21.6. The van der Waals surface area contributed by atoms with Gasteiger partial charge in [-0.15, -0.1) is 0 Å². The molecule has 23 heavy (non-hydrogen) atoms. The largest absolute Gasteiger partial charge is 0.481 e. The molecule has 8 nitrogen and oxygen atoms in total. The zero-order valence-electron chi connectivity index (χ0n) is 13.8. The standard InChI is InChI=1S/C9H15N3O2.C6H14O3/c13-8(14)7-9(10-1-2-10,11-3-4-11)12-5-6-12;1-2-6(3-7,4-8)5-9/h1-7H2,(H,13,14);7-9H,2-5H2,1H3. The van der Waals surface area contributed by atoms with Gasteiger partial charge in [0.25, 0.3) is 0 Å². The molecule has 0 spiro atoms. The summed E-state index contributed by atoms with van der Waals surface area (Å²) in [6, 6.07) is 0. The Hall–Kier alpha value is -0.770. The second kappa shape index (κ2) is 7.42. The zero-order chi connectivity index (χ0) is 17.1. The molecule has 0 bridgehead atoms. The smallest absolute Gasteiger partial charge is 0.308 e. The van der Waals surface area contributed by atoms with Crippen LogP contribution in [0.3, 0.4) is 0 Å². The Labute approximate surface area is 136 Å². The van der Waals surface area contributed by atoms with Crippen LogP contribution in [0.1, 0.15) is 19.8 Å². The van der Waals surface area contributed by atoms with E-state index in [0.29, 0.717) is 6.42 Å². The fourth-order valence-electron chi connectivity index (χ4n) is 2.85. The Morgan fingerprint density at radius 2 is 1.22 bits per heavy atom. The lowest BCUT2D eigenvalue weighted by Crippen LogP contribution is -2.54. The van der Waals surface area contributed by atoms with Gasteiger partial charge in [0, 0.05) is 44.7 Å². The minimum atomic E-state index is -0.685. The minimum absolute atomic E-state index is 0.156. The highest BCUT2D eigenvalue weighted by atomic mass is 16.4. The Morgan fingerprint density at radius 3 is 1.35 bits per heavy atom. The number of carboxylic acids is 1. The molecule has 3 aliphatic heterocycles. The highest BCUT2D eigenvalue weighted by molar-refractivity contribution is 5.68. The van der Waals surface area contributed by atoms with E-state index in [2.05, 4.69) is 14.7 Å². The monoisotopic (exact) mass is 331 g/mol. The Bertz CT molecular complexity index is 355. The number of aliphatic carboxylic acids is 1. The van der Waals surface area contributed by atoms with Crippen molar-refractivity contribution in [2.45, 2.75) is 25.6 Å². The number of hydrogen-bond donors (Lipinski definition) is 4. The summed E-state index contributed by atoms with van der Waals surface area (Å²) >= 11 is 0. The van der Waals surface area contributed by atoms with Gasteiger partial charge in [0.1, 0.15) is 5.79 Å². The van der Waals surface area contributed by atoms with E-state index in [9.17, 15) is 4.79 Å². The summed E-state index contributed by atoms with van der Waals surface area (Å²) in [4.78, 5) is 17.8. The minimum Gasteiger partial charge on any atom is -0.481 e. The van der Waals surface area contributed by atoms with E-state index in [-0.39, 0.29) is 32.0 Å². The summed E-state index contributed by atoms with van der Waals surface area (Å²) in [6.45, 7) is 7.69. The Balaban J connectivity index is 0.000000188. The number of carboxylic acid groups (broad SMARTS) is 1. The average molecular weight is 331 g/mol. The molecular formula is C15H29N3O5. The average Bonchev–Trinajstić information content (AvgIpc) is 3.44. The van der Waals surface area contributed by atoms with E-state index in [1.807, 2.05) is 6.92 Å². The molecule has 0 atom stereocenters. The zero-order valence-corrected chi connectivity index (χ0v) is 13.8. The van der Waals surface area contributed by atoms with Crippen LogP contribution in [0.15, 0.2) is 0 Å². The van der Waals surface area contributed by atoms with Crippen molar-refractivity contribution in [1.29, 1.82) is 0 Å². The summed E-state index contributed by atoms with van der Waals surface area (Å²) < 4.78 is 0. The van der Waals surface area contributed by atoms with Crippen LogP contribution in [-0.4, -0.2) is 106 Å². The van der Waals surface area contributed by atoms with Gasteiger partial charge in [0.15, 0.2) is 0 Å². The lowest BCUT2D eigenvalue weighted by atomic mass is 9.88. The van der Waals surface area contributed by atoms with Gasteiger partial charge < -0.3 is 20.4 Å². The molecule has 8 heteroatoms. The molecule has 3 rings (SSSR count). The van der Waals surface area contributed by atoms with Gasteiger partial charge in [-0.1, -0.05) is 6.92 Å². The first kappa shape index (κ1) is 18.6. The van der Waals surface area contributed by atoms with Crippen molar-refractivity contribution in [2.75, 3.05) is 59.1 Å². The van der Waals surface area contributed by atoms with Crippen molar-refractivity contribution in [2.24, 2.45) is 5.41 Å². The summed E-state index contributed by atoms with van der Waals surface area (Å²) in [5.41, 5.74) is -0.667. The molecule has 3 saturated heterocycles. The summed E-state index contributed by atoms with van der Waals surface area (Å²) in [7, 11) is 0. The number of rotatable bonds is 9. The first-order valence-corrected chi connectivity index (χ1v) is 8.27. The maximum Gasteiger partial charge on any atom is 0.308 e. The molecule has 0 unspecified atom stereocenters. The number of aliphatic hydroxyl groups is 3. The van der Waals surface area contributed by atoms with Crippen molar-refractivity contribution in [3.63, 3.8) is 0 Å². The van der Waals surface area contributed by atoms with Crippen molar-refractivity contribution in [3.05, 3.63) is 0 Å². The molecule has 0 aromatic rings. The second-order valence-corrected chi connectivity index (χ2v) is 6.63. The van der Waals surface area contributed by atoms with Crippen LogP contribution in [0.4, 0.5) is 0 Å². The lowest BCUT2D eigenvalue weighted by Gasteiger charge is -2.37. The van der Waals surface area contributed by atoms with Crippen molar-refractivity contribution < 1.29 is 25.2 Å². The van der Waals surface area contributed by atoms with Crippen LogP contribution in [0, 0.1) is 5.41 Å². The predicted molar refractivity (Wildman–Crippen MR) is 83.7 cm³/mol. The highest BCUT2D eigenvalue weighted by Gasteiger charge is 2.58. The second-order valence-electron chi connectivity index (χ2n) is 6.63. The highest BCUT2D eigenvalue weighted by Crippen LogP contribution is 2.41. The lowest BCUT2D eigenvalue weighted by molar-refractivity contribution is -0.145. The number of hydrogen-bond acceptors (Lipinski definition) is 7. The number of nitrogens with zero attached hydrogens (tertiary/aromatic N) is 3. The maximum absolute atomic E-state index is 10.9. The van der Waals surface area contributed by atoms with Gasteiger partial charge in [-0.3, -0.25) is 19.5 Å². The van der Waals surface area contributed by atoms with Gasteiger partial charge >= 0.3 is 5.97 Å². The number of aliphatic hydroxyl groups excluding tert-OH is 3. The maximum atomic E-state index is 10.9. The summed E-state index contributed by atoms with van der Waals surface area (Å²) in [6.07, 6.45) is 0.837. The first-order valence-electron chi connectivity index (χ1n) is 8.27. The molecule has 0 aromatic carbocycles. The molecule has 0 aliphatic carbocycles.